The van der Waals surface area contributed by atoms with Crippen molar-refractivity contribution in [2.75, 3.05) is 4.90 Å². The standard InChI is InChI=1S/C44H42FN/c1-5-43(6-2)39-17-13-12-16-37(39)41-42(43)38-29-22-32(30-40(38)44(41,7-3)8-4)19-18-31-20-25-35(26-21-31)46(34-14-10-9-11-15-34)36-27-23-33(45)24-28-36/h9-30H,5-8H2,1-4H3/b19-18+. The van der Waals surface area contributed by atoms with Gasteiger partial charge >= 0.3 is 0 Å². The summed E-state index contributed by atoms with van der Waals surface area (Å²) in [5, 5.41) is 0. The van der Waals surface area contributed by atoms with Crippen LogP contribution in [0.3, 0.4) is 0 Å². The molecule has 46 heavy (non-hydrogen) atoms. The Balaban J connectivity index is 1.22. The molecule has 2 aliphatic carbocycles. The number of anilines is 3. The average molecular weight is 604 g/mol. The molecule has 2 heteroatoms. The molecule has 0 aromatic heterocycles. The molecule has 5 aromatic carbocycles. The molecular weight excluding hydrogens is 561 g/mol. The third kappa shape index (κ3) is 4.57. The molecule has 7 rings (SSSR count). The molecule has 0 heterocycles. The van der Waals surface area contributed by atoms with Gasteiger partial charge in [0.1, 0.15) is 5.82 Å². The molecule has 0 radical (unpaired) electrons. The number of para-hydroxylation sites is 1. The maximum absolute atomic E-state index is 13.7. The third-order valence-electron chi connectivity index (χ3n) is 10.9. The lowest BCUT2D eigenvalue weighted by molar-refractivity contribution is 0.518. The van der Waals surface area contributed by atoms with Gasteiger partial charge in [0.15, 0.2) is 0 Å². The molecule has 0 saturated carbocycles. The lowest BCUT2D eigenvalue weighted by Gasteiger charge is -2.34. The molecule has 0 N–H and O–H groups in total. The van der Waals surface area contributed by atoms with Gasteiger partial charge in [-0.15, -0.1) is 0 Å². The largest absolute Gasteiger partial charge is 0.311 e. The van der Waals surface area contributed by atoms with Crippen LogP contribution >= 0.6 is 0 Å². The number of rotatable bonds is 9. The van der Waals surface area contributed by atoms with E-state index in [-0.39, 0.29) is 16.6 Å². The maximum Gasteiger partial charge on any atom is 0.123 e. The summed E-state index contributed by atoms with van der Waals surface area (Å²) in [6.07, 6.45) is 8.88. The van der Waals surface area contributed by atoms with Crippen molar-refractivity contribution in [1.29, 1.82) is 0 Å². The SMILES string of the molecule is CCC1(CC)C2=C(c3ccccc31)C(CC)(CC)c1cc(/C=C/c3ccc(N(c4ccccc4)c4ccc(F)cc4)cc3)ccc12. The van der Waals surface area contributed by atoms with Crippen LogP contribution < -0.4 is 4.90 Å². The first kappa shape index (κ1) is 30.0. The molecule has 5 aromatic rings. The van der Waals surface area contributed by atoms with Crippen molar-refractivity contribution >= 4 is 40.4 Å². The highest BCUT2D eigenvalue weighted by Gasteiger charge is 2.54. The van der Waals surface area contributed by atoms with E-state index in [9.17, 15) is 4.39 Å². The van der Waals surface area contributed by atoms with Crippen LogP contribution in [0.25, 0.3) is 23.3 Å². The van der Waals surface area contributed by atoms with Crippen molar-refractivity contribution in [1.82, 2.24) is 0 Å². The minimum Gasteiger partial charge on any atom is -0.311 e. The fourth-order valence-corrected chi connectivity index (χ4v) is 8.44. The van der Waals surface area contributed by atoms with E-state index in [0.29, 0.717) is 0 Å². The van der Waals surface area contributed by atoms with Gasteiger partial charge in [0.25, 0.3) is 0 Å². The Morgan fingerprint density at radius 3 is 1.61 bits per heavy atom. The lowest BCUT2D eigenvalue weighted by Crippen LogP contribution is -2.25. The molecule has 2 aliphatic rings. The number of halogens is 1. The summed E-state index contributed by atoms with van der Waals surface area (Å²) in [5.41, 5.74) is 14.6. The zero-order chi connectivity index (χ0) is 31.9. The molecule has 1 nitrogen and oxygen atoms in total. The number of fused-ring (bicyclic) bond motifs is 4. The Bertz CT molecular complexity index is 1920. The van der Waals surface area contributed by atoms with Crippen molar-refractivity contribution < 1.29 is 4.39 Å². The Morgan fingerprint density at radius 2 is 0.978 bits per heavy atom. The van der Waals surface area contributed by atoms with Crippen LogP contribution in [-0.2, 0) is 10.8 Å². The summed E-state index contributed by atoms with van der Waals surface area (Å²) < 4.78 is 13.7. The van der Waals surface area contributed by atoms with Crippen LogP contribution in [0.1, 0.15) is 86.8 Å². The predicted octanol–water partition coefficient (Wildman–Crippen LogP) is 12.5. The molecule has 0 atom stereocenters. The van der Waals surface area contributed by atoms with Crippen LogP contribution in [0.4, 0.5) is 21.5 Å². The van der Waals surface area contributed by atoms with Crippen molar-refractivity contribution in [3.05, 3.63) is 161 Å². The van der Waals surface area contributed by atoms with Crippen molar-refractivity contribution in [3.8, 4) is 0 Å². The maximum atomic E-state index is 13.7. The quantitative estimate of drug-likeness (QED) is 0.152. The average Bonchev–Trinajstić information content (AvgIpc) is 3.57. The monoisotopic (exact) mass is 603 g/mol. The normalized spacial score (nSPS) is 15.6. The molecule has 0 bridgehead atoms. The summed E-state index contributed by atoms with van der Waals surface area (Å²) in [6, 6.07) is 41.9. The lowest BCUT2D eigenvalue weighted by atomic mass is 9.69. The molecular formula is C44H42FN. The van der Waals surface area contributed by atoms with Crippen molar-refractivity contribution in [2.45, 2.75) is 64.2 Å². The summed E-state index contributed by atoms with van der Waals surface area (Å²) >= 11 is 0. The van der Waals surface area contributed by atoms with E-state index in [1.165, 1.54) is 39.9 Å². The first-order valence-electron chi connectivity index (χ1n) is 16.9. The molecule has 230 valence electrons. The van der Waals surface area contributed by atoms with Gasteiger partial charge in [-0.1, -0.05) is 113 Å². The summed E-state index contributed by atoms with van der Waals surface area (Å²) in [4.78, 5) is 2.15. The van der Waals surface area contributed by atoms with Crippen LogP contribution in [0.2, 0.25) is 0 Å². The molecule has 0 spiro atoms. The Labute approximate surface area is 273 Å². The van der Waals surface area contributed by atoms with E-state index in [1.807, 2.05) is 30.3 Å². The summed E-state index contributed by atoms with van der Waals surface area (Å²) in [6.45, 7) is 9.49. The Kier molecular flexibility index (Phi) is 7.77. The van der Waals surface area contributed by atoms with Gasteiger partial charge in [0.2, 0.25) is 0 Å². The fourth-order valence-electron chi connectivity index (χ4n) is 8.44. The van der Waals surface area contributed by atoms with E-state index in [0.717, 1.165) is 48.3 Å². The molecule has 0 unspecified atom stereocenters. The minimum absolute atomic E-state index is 0.0274. The highest BCUT2D eigenvalue weighted by atomic mass is 19.1. The van der Waals surface area contributed by atoms with Crippen LogP contribution in [-0.4, -0.2) is 0 Å². The third-order valence-corrected chi connectivity index (χ3v) is 10.9. The topological polar surface area (TPSA) is 3.24 Å². The summed E-state index contributed by atoms with van der Waals surface area (Å²) in [7, 11) is 0. The molecule has 0 fully saturated rings. The molecule has 0 saturated heterocycles. The van der Waals surface area contributed by atoms with Gasteiger partial charge in [0.05, 0.1) is 0 Å². The number of hydrogen-bond acceptors (Lipinski definition) is 1. The second kappa shape index (κ2) is 11.9. The van der Waals surface area contributed by atoms with Gasteiger partial charge in [0, 0.05) is 27.9 Å². The van der Waals surface area contributed by atoms with Gasteiger partial charge in [-0.25, -0.2) is 4.39 Å². The predicted molar refractivity (Wildman–Crippen MR) is 194 cm³/mol. The van der Waals surface area contributed by atoms with E-state index in [2.05, 4.69) is 124 Å². The van der Waals surface area contributed by atoms with E-state index < -0.39 is 0 Å². The van der Waals surface area contributed by atoms with Gasteiger partial charge in [-0.05, 0) is 119 Å². The number of allylic oxidation sites excluding steroid dienone is 2. The first-order chi connectivity index (χ1) is 22.5. The number of benzene rings is 5. The molecule has 0 amide bonds. The second-order valence-electron chi connectivity index (χ2n) is 12.8. The zero-order valence-electron chi connectivity index (χ0n) is 27.4. The van der Waals surface area contributed by atoms with Gasteiger partial charge < -0.3 is 4.90 Å². The van der Waals surface area contributed by atoms with Gasteiger partial charge in [-0.3, -0.25) is 0 Å². The van der Waals surface area contributed by atoms with Crippen molar-refractivity contribution in [2.24, 2.45) is 0 Å². The Hall–Kier alpha value is -4.69. The fraction of sp³-hybridized carbons (Fsp3) is 0.227. The summed E-state index contributed by atoms with van der Waals surface area (Å²) in [5.74, 6) is -0.237. The second-order valence-corrected chi connectivity index (χ2v) is 12.8. The number of hydrogen-bond donors (Lipinski definition) is 0. The smallest absolute Gasteiger partial charge is 0.123 e. The van der Waals surface area contributed by atoms with E-state index in [1.54, 1.807) is 11.1 Å². The van der Waals surface area contributed by atoms with Crippen LogP contribution in [0.15, 0.2) is 121 Å². The first-order valence-corrected chi connectivity index (χ1v) is 16.9. The van der Waals surface area contributed by atoms with E-state index >= 15 is 0 Å². The minimum atomic E-state index is -0.237. The van der Waals surface area contributed by atoms with Crippen LogP contribution in [0.5, 0.6) is 0 Å². The Morgan fingerprint density at radius 1 is 0.500 bits per heavy atom. The van der Waals surface area contributed by atoms with E-state index in [4.69, 9.17) is 0 Å². The van der Waals surface area contributed by atoms with Gasteiger partial charge in [-0.2, -0.15) is 0 Å². The molecule has 0 aliphatic heterocycles. The van der Waals surface area contributed by atoms with Crippen LogP contribution in [0, 0.1) is 5.82 Å². The number of nitrogens with zero attached hydrogens (tertiary/aromatic N) is 1. The zero-order valence-corrected chi connectivity index (χ0v) is 27.4. The van der Waals surface area contributed by atoms with Crippen molar-refractivity contribution in [3.63, 3.8) is 0 Å². The highest BCUT2D eigenvalue weighted by molar-refractivity contribution is 6.10. The highest BCUT2D eigenvalue weighted by Crippen LogP contribution is 2.66.